The van der Waals surface area contributed by atoms with Crippen molar-refractivity contribution in [2.75, 3.05) is 19.7 Å². The fraction of sp³-hybridized carbons (Fsp3) is 0.591. The van der Waals surface area contributed by atoms with Crippen LogP contribution in [0.4, 0.5) is 0 Å². The molecule has 1 saturated carbocycles. The van der Waals surface area contributed by atoms with Crippen molar-refractivity contribution in [1.29, 1.82) is 5.26 Å². The third-order valence-electron chi connectivity index (χ3n) is 5.93. The predicted molar refractivity (Wildman–Crippen MR) is 113 cm³/mol. The van der Waals surface area contributed by atoms with Crippen LogP contribution in [0.1, 0.15) is 56.3 Å². The number of carbonyl (C=O) groups excluding carboxylic acids is 2. The predicted octanol–water partition coefficient (Wildman–Crippen LogP) is 2.46. The highest BCUT2D eigenvalue weighted by Gasteiger charge is 2.35. The summed E-state index contributed by atoms with van der Waals surface area (Å²) in [5.41, 5.74) is -0.830. The fourth-order valence-electron chi connectivity index (χ4n) is 4.50. The van der Waals surface area contributed by atoms with Gasteiger partial charge < -0.3 is 10.1 Å². The van der Waals surface area contributed by atoms with Crippen LogP contribution in [0, 0.1) is 23.2 Å². The summed E-state index contributed by atoms with van der Waals surface area (Å²) in [5.74, 6) is -0.801. The summed E-state index contributed by atoms with van der Waals surface area (Å²) in [5, 5.41) is 12.0. The van der Waals surface area contributed by atoms with Gasteiger partial charge in [0, 0.05) is 13.1 Å². The number of sulfonamides is 1. The average molecular weight is 448 g/mol. The number of benzene rings is 1. The minimum Gasteiger partial charge on any atom is -0.452 e. The van der Waals surface area contributed by atoms with Gasteiger partial charge in [-0.2, -0.15) is 9.57 Å². The molecule has 2 atom stereocenters. The van der Waals surface area contributed by atoms with E-state index in [2.05, 4.69) is 11.4 Å². The standard InChI is InChI=1S/C22H29N3O5S/c1-16-10-17(2)13-25(12-16)31(28,29)19-7-5-6-18(11-19)21(27)30-14-20(26)24-22(15-23)8-3-4-9-22/h5-7,11,16-17H,3-4,8-10,12-14H2,1-2H3,(H,24,26). The summed E-state index contributed by atoms with van der Waals surface area (Å²) >= 11 is 0. The molecule has 2 aliphatic rings. The van der Waals surface area contributed by atoms with Crippen LogP contribution in [0.3, 0.4) is 0 Å². The van der Waals surface area contributed by atoms with Gasteiger partial charge in [-0.3, -0.25) is 4.79 Å². The minimum atomic E-state index is -3.73. The van der Waals surface area contributed by atoms with Crippen molar-refractivity contribution < 1.29 is 22.7 Å². The molecule has 0 bridgehead atoms. The number of nitriles is 1. The van der Waals surface area contributed by atoms with E-state index in [1.807, 2.05) is 13.8 Å². The Labute approximate surface area is 183 Å². The average Bonchev–Trinajstić information content (AvgIpc) is 3.20. The second kappa shape index (κ2) is 9.37. The van der Waals surface area contributed by atoms with Crippen LogP contribution in [0.15, 0.2) is 29.2 Å². The van der Waals surface area contributed by atoms with E-state index in [-0.39, 0.29) is 22.3 Å². The summed E-state index contributed by atoms with van der Waals surface area (Å²) in [6.45, 7) is 4.42. The van der Waals surface area contributed by atoms with Crippen LogP contribution in [-0.2, 0) is 19.6 Å². The van der Waals surface area contributed by atoms with E-state index in [1.54, 1.807) is 0 Å². The number of piperidine rings is 1. The number of hydrogen-bond donors (Lipinski definition) is 1. The zero-order valence-corrected chi connectivity index (χ0v) is 18.8. The van der Waals surface area contributed by atoms with Crippen molar-refractivity contribution >= 4 is 21.9 Å². The minimum absolute atomic E-state index is 0.0297. The number of nitrogens with zero attached hydrogens (tertiary/aromatic N) is 2. The van der Waals surface area contributed by atoms with Crippen molar-refractivity contribution in [2.24, 2.45) is 11.8 Å². The SMILES string of the molecule is CC1CC(C)CN(S(=O)(=O)c2cccc(C(=O)OCC(=O)NC3(C#N)CCCC3)c2)C1. The molecule has 1 N–H and O–H groups in total. The van der Waals surface area contributed by atoms with E-state index in [0.29, 0.717) is 25.9 Å². The molecule has 1 saturated heterocycles. The Morgan fingerprint density at radius 3 is 2.48 bits per heavy atom. The second-order valence-corrected chi connectivity index (χ2v) is 10.8. The van der Waals surface area contributed by atoms with E-state index < -0.39 is 34.0 Å². The Bertz CT molecular complexity index is 969. The van der Waals surface area contributed by atoms with E-state index in [1.165, 1.54) is 28.6 Å². The lowest BCUT2D eigenvalue weighted by Crippen LogP contribution is -2.46. The molecule has 1 aromatic rings. The molecule has 8 nitrogen and oxygen atoms in total. The number of amides is 1. The molecule has 1 amide bonds. The molecule has 1 heterocycles. The third-order valence-corrected chi connectivity index (χ3v) is 7.75. The summed E-state index contributed by atoms with van der Waals surface area (Å²) in [4.78, 5) is 24.6. The number of ether oxygens (including phenoxy) is 1. The van der Waals surface area contributed by atoms with Gasteiger partial charge in [0.05, 0.1) is 16.5 Å². The van der Waals surface area contributed by atoms with Crippen LogP contribution in [0.5, 0.6) is 0 Å². The highest BCUT2D eigenvalue weighted by atomic mass is 32.2. The lowest BCUT2D eigenvalue weighted by Gasteiger charge is -2.34. The van der Waals surface area contributed by atoms with Gasteiger partial charge in [0.1, 0.15) is 5.54 Å². The van der Waals surface area contributed by atoms with E-state index in [0.717, 1.165) is 19.3 Å². The van der Waals surface area contributed by atoms with Gasteiger partial charge in [-0.1, -0.05) is 19.9 Å². The topological polar surface area (TPSA) is 117 Å². The lowest BCUT2D eigenvalue weighted by atomic mass is 9.94. The zero-order chi connectivity index (χ0) is 22.6. The molecule has 1 aliphatic heterocycles. The summed E-state index contributed by atoms with van der Waals surface area (Å²) in [6, 6.07) is 7.83. The summed E-state index contributed by atoms with van der Waals surface area (Å²) < 4.78 is 32.7. The van der Waals surface area contributed by atoms with Gasteiger partial charge >= 0.3 is 5.97 Å². The first-order valence-electron chi connectivity index (χ1n) is 10.6. The maximum absolute atomic E-state index is 13.1. The number of esters is 1. The molecular formula is C22H29N3O5S. The molecule has 0 spiro atoms. The first-order chi connectivity index (χ1) is 14.6. The van der Waals surface area contributed by atoms with E-state index in [9.17, 15) is 23.3 Å². The Morgan fingerprint density at radius 2 is 1.87 bits per heavy atom. The smallest absolute Gasteiger partial charge is 0.338 e. The van der Waals surface area contributed by atoms with Crippen LogP contribution < -0.4 is 5.32 Å². The molecule has 0 radical (unpaired) electrons. The Kier molecular flexibility index (Phi) is 7.02. The maximum Gasteiger partial charge on any atom is 0.338 e. The molecular weight excluding hydrogens is 418 g/mol. The van der Waals surface area contributed by atoms with Gasteiger partial charge in [-0.05, 0) is 62.1 Å². The quantitative estimate of drug-likeness (QED) is 0.670. The van der Waals surface area contributed by atoms with Crippen LogP contribution in [-0.4, -0.2) is 49.8 Å². The summed E-state index contributed by atoms with van der Waals surface area (Å²) in [7, 11) is -3.73. The molecule has 1 aromatic carbocycles. The summed E-state index contributed by atoms with van der Waals surface area (Å²) in [6.07, 6.45) is 3.87. The molecule has 9 heteroatoms. The molecule has 2 unspecified atom stereocenters. The van der Waals surface area contributed by atoms with Crippen molar-refractivity contribution in [1.82, 2.24) is 9.62 Å². The molecule has 168 valence electrons. The second-order valence-electron chi connectivity index (χ2n) is 8.82. The first-order valence-corrected chi connectivity index (χ1v) is 12.1. The van der Waals surface area contributed by atoms with Gasteiger partial charge in [-0.15, -0.1) is 0 Å². The number of carbonyl (C=O) groups is 2. The number of hydrogen-bond acceptors (Lipinski definition) is 6. The molecule has 3 rings (SSSR count). The highest BCUT2D eigenvalue weighted by Crippen LogP contribution is 2.29. The molecule has 0 aromatic heterocycles. The van der Waals surface area contributed by atoms with Crippen molar-refractivity contribution in [3.63, 3.8) is 0 Å². The van der Waals surface area contributed by atoms with Crippen LogP contribution >= 0.6 is 0 Å². The van der Waals surface area contributed by atoms with Gasteiger partial charge in [-0.25, -0.2) is 13.2 Å². The van der Waals surface area contributed by atoms with Crippen molar-refractivity contribution in [3.05, 3.63) is 29.8 Å². The van der Waals surface area contributed by atoms with Crippen molar-refractivity contribution in [3.8, 4) is 6.07 Å². The van der Waals surface area contributed by atoms with Gasteiger partial charge in [0.25, 0.3) is 5.91 Å². The molecule has 31 heavy (non-hydrogen) atoms. The molecule has 2 fully saturated rings. The largest absolute Gasteiger partial charge is 0.452 e. The Hall–Kier alpha value is -2.44. The third kappa shape index (κ3) is 5.43. The Balaban J connectivity index is 1.65. The number of nitrogens with one attached hydrogen (secondary N) is 1. The van der Waals surface area contributed by atoms with Crippen molar-refractivity contribution in [2.45, 2.75) is 56.4 Å². The van der Waals surface area contributed by atoms with Gasteiger partial charge in [0.2, 0.25) is 10.0 Å². The number of rotatable bonds is 6. The normalized spacial score (nSPS) is 23.6. The lowest BCUT2D eigenvalue weighted by molar-refractivity contribution is -0.125. The molecule has 1 aliphatic carbocycles. The monoisotopic (exact) mass is 447 g/mol. The fourth-order valence-corrected chi connectivity index (χ4v) is 6.22. The van der Waals surface area contributed by atoms with Crippen LogP contribution in [0.2, 0.25) is 0 Å². The van der Waals surface area contributed by atoms with Crippen LogP contribution in [0.25, 0.3) is 0 Å². The Morgan fingerprint density at radius 1 is 1.23 bits per heavy atom. The van der Waals surface area contributed by atoms with E-state index >= 15 is 0 Å². The first kappa shape index (κ1) is 23.2. The zero-order valence-electron chi connectivity index (χ0n) is 18.0. The van der Waals surface area contributed by atoms with E-state index in [4.69, 9.17) is 4.74 Å². The highest BCUT2D eigenvalue weighted by molar-refractivity contribution is 7.89. The maximum atomic E-state index is 13.1. The van der Waals surface area contributed by atoms with Gasteiger partial charge in [0.15, 0.2) is 6.61 Å².